The van der Waals surface area contributed by atoms with Gasteiger partial charge in [0.1, 0.15) is 0 Å². The molecule has 0 aliphatic heterocycles. The molecule has 0 aliphatic rings. The molecule has 0 rings (SSSR count). The number of carbonyl (C=O) groups is 1. The standard InChI is InChI=1S/C20H38F3NO/c21-20(22,23)19(25)17-15-13-11-9-7-5-3-1-2-4-6-8-10-12-14-16-18-24/h1-18,24H2. The quantitative estimate of drug-likeness (QED) is 0.274. The number of alkyl halides is 3. The molecule has 0 radical (unpaired) electrons. The highest BCUT2D eigenvalue weighted by atomic mass is 19.4. The van der Waals surface area contributed by atoms with Crippen LogP contribution in [0.15, 0.2) is 0 Å². The summed E-state index contributed by atoms with van der Waals surface area (Å²) in [5.41, 5.74) is 5.46. The average Bonchev–Trinajstić information content (AvgIpc) is 2.56. The van der Waals surface area contributed by atoms with Crippen molar-refractivity contribution in [1.82, 2.24) is 0 Å². The van der Waals surface area contributed by atoms with E-state index in [2.05, 4.69) is 0 Å². The topological polar surface area (TPSA) is 43.1 Å². The average molecular weight is 366 g/mol. The first-order valence-electron chi connectivity index (χ1n) is 10.3. The summed E-state index contributed by atoms with van der Waals surface area (Å²) in [5.74, 6) is -1.58. The van der Waals surface area contributed by atoms with Crippen LogP contribution in [0.5, 0.6) is 0 Å². The molecule has 0 saturated carbocycles. The van der Waals surface area contributed by atoms with Crippen molar-refractivity contribution in [3.8, 4) is 0 Å². The Bertz CT molecular complexity index is 306. The van der Waals surface area contributed by atoms with Crippen molar-refractivity contribution < 1.29 is 18.0 Å². The van der Waals surface area contributed by atoms with Gasteiger partial charge in [-0.05, 0) is 19.4 Å². The van der Waals surface area contributed by atoms with Crippen molar-refractivity contribution in [2.45, 2.75) is 115 Å². The summed E-state index contributed by atoms with van der Waals surface area (Å²) >= 11 is 0. The molecule has 0 atom stereocenters. The zero-order valence-corrected chi connectivity index (χ0v) is 15.8. The molecule has 25 heavy (non-hydrogen) atoms. The van der Waals surface area contributed by atoms with Crippen LogP contribution in [0.4, 0.5) is 13.2 Å². The van der Waals surface area contributed by atoms with Gasteiger partial charge in [0.05, 0.1) is 0 Å². The van der Waals surface area contributed by atoms with E-state index in [0.717, 1.165) is 38.6 Å². The molecule has 0 aromatic carbocycles. The molecule has 0 saturated heterocycles. The molecule has 0 fully saturated rings. The summed E-state index contributed by atoms with van der Waals surface area (Å²) < 4.78 is 36.0. The van der Waals surface area contributed by atoms with E-state index in [1.54, 1.807) is 0 Å². The highest BCUT2D eigenvalue weighted by Crippen LogP contribution is 2.20. The lowest BCUT2D eigenvalue weighted by Gasteiger charge is -2.05. The molecule has 0 aromatic rings. The van der Waals surface area contributed by atoms with Gasteiger partial charge in [-0.15, -0.1) is 0 Å². The fourth-order valence-corrected chi connectivity index (χ4v) is 3.05. The van der Waals surface area contributed by atoms with Crippen LogP contribution in [0.25, 0.3) is 0 Å². The minimum Gasteiger partial charge on any atom is -0.330 e. The summed E-state index contributed by atoms with van der Waals surface area (Å²) in [7, 11) is 0. The molecule has 0 amide bonds. The van der Waals surface area contributed by atoms with Crippen molar-refractivity contribution in [2.75, 3.05) is 6.54 Å². The summed E-state index contributed by atoms with van der Waals surface area (Å²) in [6.45, 7) is 0.817. The van der Waals surface area contributed by atoms with E-state index in [1.807, 2.05) is 0 Å². The van der Waals surface area contributed by atoms with Gasteiger partial charge in [0.15, 0.2) is 0 Å². The first kappa shape index (κ1) is 24.4. The summed E-state index contributed by atoms with van der Waals surface area (Å²) in [6.07, 6.45) is 13.5. The highest BCUT2D eigenvalue weighted by Gasteiger charge is 2.36. The van der Waals surface area contributed by atoms with E-state index in [-0.39, 0.29) is 6.42 Å². The van der Waals surface area contributed by atoms with E-state index in [9.17, 15) is 18.0 Å². The molecule has 0 bridgehead atoms. The van der Waals surface area contributed by atoms with Gasteiger partial charge in [0.2, 0.25) is 5.78 Å². The van der Waals surface area contributed by atoms with Crippen LogP contribution in [0, 0.1) is 0 Å². The van der Waals surface area contributed by atoms with Gasteiger partial charge in [0.25, 0.3) is 0 Å². The van der Waals surface area contributed by atoms with Gasteiger partial charge in [-0.3, -0.25) is 4.79 Å². The molecule has 0 unspecified atom stereocenters. The van der Waals surface area contributed by atoms with E-state index < -0.39 is 12.0 Å². The second-order valence-corrected chi connectivity index (χ2v) is 7.12. The Morgan fingerprint density at radius 1 is 0.560 bits per heavy atom. The van der Waals surface area contributed by atoms with E-state index >= 15 is 0 Å². The largest absolute Gasteiger partial charge is 0.449 e. The molecule has 0 aromatic heterocycles. The lowest BCUT2D eigenvalue weighted by atomic mass is 10.0. The van der Waals surface area contributed by atoms with Crippen LogP contribution in [0.1, 0.15) is 109 Å². The Kier molecular flexibility index (Phi) is 16.5. The number of hydrogen-bond donors (Lipinski definition) is 1. The molecule has 0 aliphatic carbocycles. The predicted octanol–water partition coefficient (Wildman–Crippen LogP) is 6.71. The van der Waals surface area contributed by atoms with Crippen LogP contribution < -0.4 is 5.73 Å². The maximum Gasteiger partial charge on any atom is 0.449 e. The van der Waals surface area contributed by atoms with Gasteiger partial charge in [-0.1, -0.05) is 89.9 Å². The second-order valence-electron chi connectivity index (χ2n) is 7.12. The Hall–Kier alpha value is -0.580. The minimum atomic E-state index is -4.65. The first-order valence-corrected chi connectivity index (χ1v) is 10.3. The summed E-state index contributed by atoms with van der Waals surface area (Å²) in [4.78, 5) is 10.7. The van der Waals surface area contributed by atoms with Crippen molar-refractivity contribution in [3.05, 3.63) is 0 Å². The van der Waals surface area contributed by atoms with Crippen LogP contribution in [0.2, 0.25) is 0 Å². The fourth-order valence-electron chi connectivity index (χ4n) is 3.05. The molecule has 2 N–H and O–H groups in total. The second kappa shape index (κ2) is 16.9. The first-order chi connectivity index (χ1) is 12.0. The molecular formula is C20H38F3NO. The smallest absolute Gasteiger partial charge is 0.330 e. The minimum absolute atomic E-state index is 0.351. The molecule has 5 heteroatoms. The van der Waals surface area contributed by atoms with Crippen LogP contribution in [-0.2, 0) is 4.79 Å². The van der Waals surface area contributed by atoms with Crippen LogP contribution in [-0.4, -0.2) is 18.5 Å². The number of rotatable bonds is 18. The number of ketones is 1. The van der Waals surface area contributed by atoms with Gasteiger partial charge < -0.3 is 5.73 Å². The monoisotopic (exact) mass is 365 g/mol. The third-order valence-corrected chi connectivity index (χ3v) is 4.67. The number of Topliss-reactive ketones (excluding diaryl/α,β-unsaturated/α-hetero) is 1. The van der Waals surface area contributed by atoms with Crippen LogP contribution >= 0.6 is 0 Å². The number of halogens is 3. The number of carbonyl (C=O) groups excluding carboxylic acids is 1. The Morgan fingerprint density at radius 3 is 1.12 bits per heavy atom. The van der Waals surface area contributed by atoms with Gasteiger partial charge in [0, 0.05) is 6.42 Å². The highest BCUT2D eigenvalue weighted by molar-refractivity contribution is 5.83. The van der Waals surface area contributed by atoms with Crippen molar-refractivity contribution in [1.29, 1.82) is 0 Å². The fraction of sp³-hybridized carbons (Fsp3) is 0.950. The van der Waals surface area contributed by atoms with Crippen molar-refractivity contribution >= 4 is 5.78 Å². The maximum absolute atomic E-state index is 12.0. The number of nitrogens with two attached hydrogens (primary N) is 1. The third-order valence-electron chi connectivity index (χ3n) is 4.67. The molecule has 2 nitrogen and oxygen atoms in total. The summed E-state index contributed by atoms with van der Waals surface area (Å²) in [6, 6.07) is 0. The number of hydrogen-bond acceptors (Lipinski definition) is 2. The number of unbranched alkanes of at least 4 members (excludes halogenated alkanes) is 15. The SMILES string of the molecule is NCCCCCCCCCCCCCCCCCCC(=O)C(F)(F)F. The van der Waals surface area contributed by atoms with E-state index in [4.69, 9.17) is 5.73 Å². The van der Waals surface area contributed by atoms with E-state index in [1.165, 1.54) is 64.2 Å². The lowest BCUT2D eigenvalue weighted by molar-refractivity contribution is -0.171. The Morgan fingerprint density at radius 2 is 0.840 bits per heavy atom. The van der Waals surface area contributed by atoms with Crippen LogP contribution in [0.3, 0.4) is 0 Å². The van der Waals surface area contributed by atoms with Gasteiger partial charge >= 0.3 is 6.18 Å². The van der Waals surface area contributed by atoms with Gasteiger partial charge in [-0.25, -0.2) is 0 Å². The van der Waals surface area contributed by atoms with E-state index in [0.29, 0.717) is 6.42 Å². The van der Waals surface area contributed by atoms with Crippen molar-refractivity contribution in [2.24, 2.45) is 5.73 Å². The Labute approximate surface area is 152 Å². The molecular weight excluding hydrogens is 327 g/mol. The van der Waals surface area contributed by atoms with Gasteiger partial charge in [-0.2, -0.15) is 13.2 Å². The molecule has 0 spiro atoms. The molecule has 150 valence electrons. The zero-order chi connectivity index (χ0) is 18.8. The Balaban J connectivity index is 3.11. The maximum atomic E-state index is 12.0. The summed E-state index contributed by atoms with van der Waals surface area (Å²) in [5, 5.41) is 0. The molecule has 0 heterocycles. The predicted molar refractivity (Wildman–Crippen MR) is 98.6 cm³/mol. The third kappa shape index (κ3) is 18.0. The lowest BCUT2D eigenvalue weighted by Crippen LogP contribution is -2.22. The zero-order valence-electron chi connectivity index (χ0n) is 15.8. The van der Waals surface area contributed by atoms with Crippen molar-refractivity contribution in [3.63, 3.8) is 0 Å². The normalized spacial score (nSPS) is 11.8.